The van der Waals surface area contributed by atoms with E-state index in [2.05, 4.69) is 26.8 Å². The van der Waals surface area contributed by atoms with Crippen LogP contribution in [0.4, 0.5) is 5.69 Å². The average molecular weight is 420 g/mol. The van der Waals surface area contributed by atoms with Gasteiger partial charge < -0.3 is 26.4 Å². The Morgan fingerprint density at radius 1 is 1.39 bits per heavy atom. The second-order valence-electron chi connectivity index (χ2n) is 6.09. The molecule has 0 radical (unpaired) electrons. The van der Waals surface area contributed by atoms with Gasteiger partial charge in [-0.2, -0.15) is 0 Å². The van der Waals surface area contributed by atoms with Crippen LogP contribution in [0.25, 0.3) is 0 Å². The van der Waals surface area contributed by atoms with Crippen LogP contribution >= 0.6 is 11.6 Å². The van der Waals surface area contributed by atoms with Crippen molar-refractivity contribution in [2.75, 3.05) is 12.4 Å². The first kappa shape index (κ1) is 22.8. The minimum atomic E-state index is -0.261. The van der Waals surface area contributed by atoms with Crippen LogP contribution in [0.3, 0.4) is 0 Å². The summed E-state index contributed by atoms with van der Waals surface area (Å²) in [4.78, 5) is 20.5. The first-order chi connectivity index (χ1) is 13.0. The summed E-state index contributed by atoms with van der Waals surface area (Å²) in [6.45, 7) is 3.92. The third-order valence-electron chi connectivity index (χ3n) is 3.86. The number of amides is 1. The predicted molar refractivity (Wildman–Crippen MR) is 107 cm³/mol. The zero-order valence-electron chi connectivity index (χ0n) is 16.0. The third-order valence-corrected chi connectivity index (χ3v) is 4.07. The van der Waals surface area contributed by atoms with Crippen molar-refractivity contribution in [3.05, 3.63) is 77.8 Å². The fraction of sp³-hybridized carbons (Fsp3) is 0.150. The molecule has 2 heterocycles. The Labute approximate surface area is 212 Å². The van der Waals surface area contributed by atoms with Crippen molar-refractivity contribution in [1.82, 2.24) is 10.3 Å². The largest absolute Gasteiger partial charge is 1.00 e. The van der Waals surface area contributed by atoms with E-state index in [4.69, 9.17) is 11.6 Å². The van der Waals surface area contributed by atoms with Crippen molar-refractivity contribution in [1.29, 1.82) is 0 Å². The maximum atomic E-state index is 12.3. The fourth-order valence-corrected chi connectivity index (χ4v) is 2.62. The number of rotatable bonds is 6. The number of carbonyl (C=O) groups excluding carboxylic acids is 1. The number of nitrogens with zero attached hydrogens (tertiary/aromatic N) is 3. The van der Waals surface area contributed by atoms with Crippen LogP contribution in [-0.2, 0) is 0 Å². The monoisotopic (exact) mass is 419 g/mol. The maximum absolute atomic E-state index is 12.3. The van der Waals surface area contributed by atoms with Gasteiger partial charge in [0.15, 0.2) is 0 Å². The van der Waals surface area contributed by atoms with Crippen LogP contribution in [0, 0.1) is 12.7 Å². The Hall–Kier alpha value is -1.48. The van der Waals surface area contributed by atoms with Gasteiger partial charge in [-0.3, -0.25) is 9.78 Å². The van der Waals surface area contributed by atoms with Gasteiger partial charge in [0.1, 0.15) is 7.05 Å². The molecule has 8 heteroatoms. The van der Waals surface area contributed by atoms with Crippen LogP contribution < -0.4 is 62.0 Å². The van der Waals surface area contributed by atoms with E-state index in [-0.39, 0.29) is 63.3 Å². The second kappa shape index (κ2) is 10.9. The van der Waals surface area contributed by atoms with E-state index in [1.807, 2.05) is 55.6 Å². The van der Waals surface area contributed by atoms with Gasteiger partial charge in [-0.05, 0) is 30.7 Å². The summed E-state index contributed by atoms with van der Waals surface area (Å²) in [6.07, 6.45) is 9.44. The molecule has 1 aliphatic rings. The molecule has 28 heavy (non-hydrogen) atoms. The van der Waals surface area contributed by atoms with Gasteiger partial charge in [-0.1, -0.05) is 23.7 Å². The first-order valence-corrected chi connectivity index (χ1v) is 8.73. The molecule has 1 aromatic heterocycles. The Morgan fingerprint density at radius 3 is 2.89 bits per heavy atom. The molecule has 1 unspecified atom stereocenters. The SMILES string of the molecule is CC(N[C-]=CN=C1C=[N+](C)[CH-]1)c1cccc(NC(=O)c2cncc(Cl)c2)c1.[K+]. The topological polar surface area (TPSA) is 69.4 Å². The summed E-state index contributed by atoms with van der Waals surface area (Å²) in [7, 11) is 1.95. The average Bonchev–Trinajstić information content (AvgIpc) is 2.63. The number of halogens is 1. The minimum absolute atomic E-state index is 0. The fourth-order valence-electron chi connectivity index (χ4n) is 2.45. The van der Waals surface area contributed by atoms with Gasteiger partial charge >= 0.3 is 51.4 Å². The van der Waals surface area contributed by atoms with E-state index >= 15 is 0 Å². The molecule has 6 nitrogen and oxygen atoms in total. The van der Waals surface area contributed by atoms with E-state index in [1.54, 1.807) is 12.3 Å². The molecule has 3 rings (SSSR count). The van der Waals surface area contributed by atoms with Crippen LogP contribution in [0.1, 0.15) is 28.9 Å². The molecule has 0 fully saturated rings. The molecule has 1 aliphatic heterocycles. The molecule has 1 amide bonds. The maximum Gasteiger partial charge on any atom is 1.00 e. The molecule has 0 saturated heterocycles. The summed E-state index contributed by atoms with van der Waals surface area (Å²) in [5.74, 6) is -0.261. The molecule has 0 bridgehead atoms. The van der Waals surface area contributed by atoms with Gasteiger partial charge in [0.25, 0.3) is 5.91 Å². The van der Waals surface area contributed by atoms with Crippen LogP contribution in [0.5, 0.6) is 0 Å². The summed E-state index contributed by atoms with van der Waals surface area (Å²) in [6, 6.07) is 9.18. The predicted octanol–water partition coefficient (Wildman–Crippen LogP) is 0.246. The van der Waals surface area contributed by atoms with E-state index < -0.39 is 0 Å². The second-order valence-corrected chi connectivity index (χ2v) is 6.52. The molecule has 0 aliphatic carbocycles. The molecule has 2 aromatic rings. The van der Waals surface area contributed by atoms with Gasteiger partial charge in [0.05, 0.1) is 29.1 Å². The molecule has 1 atom stereocenters. The van der Waals surface area contributed by atoms with Crippen LogP contribution in [0.15, 0.2) is 53.9 Å². The van der Waals surface area contributed by atoms with E-state index in [0.717, 1.165) is 11.3 Å². The summed E-state index contributed by atoms with van der Waals surface area (Å²) < 4.78 is 1.93. The third kappa shape index (κ3) is 6.54. The van der Waals surface area contributed by atoms with Crippen molar-refractivity contribution < 1.29 is 60.8 Å². The molecule has 2 N–H and O–H groups in total. The Kier molecular flexibility index (Phi) is 8.87. The Balaban J connectivity index is 0.00000280. The van der Waals surface area contributed by atoms with Crippen LogP contribution in [-0.4, -0.2) is 34.4 Å². The number of aromatic nitrogens is 1. The number of hydrogen-bond acceptors (Lipinski definition) is 4. The summed E-state index contributed by atoms with van der Waals surface area (Å²) >= 11 is 5.88. The first-order valence-electron chi connectivity index (χ1n) is 8.35. The van der Waals surface area contributed by atoms with Crippen molar-refractivity contribution in [3.63, 3.8) is 0 Å². The van der Waals surface area contributed by atoms with Gasteiger partial charge in [-0.25, -0.2) is 0 Å². The Bertz CT molecular complexity index is 942. The quantitative estimate of drug-likeness (QED) is 0.305. The minimum Gasteiger partial charge on any atom is -0.560 e. The smallest absolute Gasteiger partial charge is 0.560 e. The van der Waals surface area contributed by atoms with Gasteiger partial charge in [0, 0.05) is 24.1 Å². The van der Waals surface area contributed by atoms with E-state index in [1.165, 1.54) is 12.4 Å². The zero-order valence-corrected chi connectivity index (χ0v) is 19.9. The van der Waals surface area contributed by atoms with Crippen molar-refractivity contribution in [3.8, 4) is 0 Å². The van der Waals surface area contributed by atoms with Crippen LogP contribution in [0.2, 0.25) is 5.02 Å². The van der Waals surface area contributed by atoms with E-state index in [0.29, 0.717) is 16.3 Å². The summed E-state index contributed by atoms with van der Waals surface area (Å²) in [5.41, 5.74) is 3.01. The molecule has 138 valence electrons. The van der Waals surface area contributed by atoms with E-state index in [9.17, 15) is 4.79 Å². The standard InChI is InChI=1S/C20H19ClN5O.K/c1-14(23-6-7-24-19-12-26(2)13-19)15-4-3-5-18(9-15)25-20(27)16-8-17(21)11-22-10-16;/h3-5,7-14,23H,1-2H3,(H,25,27);/q-1;+1. The number of anilines is 1. The number of aliphatic imine (C=N–C) groups is 1. The zero-order chi connectivity index (χ0) is 19.2. The number of pyridine rings is 1. The van der Waals surface area contributed by atoms with Crippen molar-refractivity contribution >= 4 is 35.1 Å². The molecule has 0 saturated carbocycles. The number of nitrogens with one attached hydrogen (secondary N) is 2. The van der Waals surface area contributed by atoms with Gasteiger partial charge in [0.2, 0.25) is 0 Å². The number of benzene rings is 1. The molecule has 0 spiro atoms. The number of hydrogen-bond donors (Lipinski definition) is 2. The number of carbonyl (C=O) groups is 1. The molecular formula is C20H19ClKN5O. The Morgan fingerprint density at radius 2 is 2.18 bits per heavy atom. The molecule has 1 aromatic carbocycles. The van der Waals surface area contributed by atoms with Crippen molar-refractivity contribution in [2.24, 2.45) is 4.99 Å². The van der Waals surface area contributed by atoms with Crippen molar-refractivity contribution in [2.45, 2.75) is 13.0 Å². The van der Waals surface area contributed by atoms with Gasteiger partial charge in [-0.15, -0.1) is 6.20 Å². The summed E-state index contributed by atoms with van der Waals surface area (Å²) in [5, 5.41) is 6.41. The molecular weight excluding hydrogens is 401 g/mol. The normalized spacial score (nSPS) is 15.1.